The third-order valence-electron chi connectivity index (χ3n) is 5.60. The van der Waals surface area contributed by atoms with Gasteiger partial charge in [-0.2, -0.15) is 0 Å². The maximum absolute atomic E-state index is 11.9. The molecule has 4 rings (SSSR count). The van der Waals surface area contributed by atoms with Gasteiger partial charge in [0.2, 0.25) is 5.91 Å². The molecule has 2 saturated carbocycles. The molecule has 0 bridgehead atoms. The van der Waals surface area contributed by atoms with E-state index in [0.717, 1.165) is 13.0 Å². The van der Waals surface area contributed by atoms with Crippen molar-refractivity contribution in [2.45, 2.75) is 38.0 Å². The summed E-state index contributed by atoms with van der Waals surface area (Å²) in [6.45, 7) is 3.05. The second-order valence-corrected chi connectivity index (χ2v) is 6.78. The van der Waals surface area contributed by atoms with Crippen molar-refractivity contribution < 1.29 is 4.79 Å². The highest BCUT2D eigenvalue weighted by Gasteiger charge is 2.57. The first-order chi connectivity index (χ1) is 9.21. The van der Waals surface area contributed by atoms with E-state index in [1.807, 2.05) is 0 Å². The van der Waals surface area contributed by atoms with Gasteiger partial charge in [0.1, 0.15) is 0 Å². The fourth-order valence-electron chi connectivity index (χ4n) is 4.04. The molecular weight excluding hydrogens is 234 g/mol. The average Bonchev–Trinajstić information content (AvgIpc) is 3.27. The van der Waals surface area contributed by atoms with Gasteiger partial charge in [0.05, 0.1) is 0 Å². The minimum atomic E-state index is 0.292. The standard InChI is InChI=1S/C17H21NO/c1-11-8-14(11)16(19)18-10-13-9-17(13)7-6-12-4-2-3-5-15(12)17/h2-5,11,13-14H,6-10H2,1H3,(H,18,19)/t11-,13-,14+,17+/m1/s1. The van der Waals surface area contributed by atoms with Crippen LogP contribution in [0.4, 0.5) is 0 Å². The lowest BCUT2D eigenvalue weighted by Crippen LogP contribution is -2.29. The normalized spacial score (nSPS) is 38.1. The number of fused-ring (bicyclic) bond motifs is 2. The summed E-state index contributed by atoms with van der Waals surface area (Å²) in [6.07, 6.45) is 4.86. The fraction of sp³-hybridized carbons (Fsp3) is 0.588. The van der Waals surface area contributed by atoms with E-state index in [1.54, 1.807) is 5.56 Å². The molecule has 4 atom stereocenters. The van der Waals surface area contributed by atoms with Gasteiger partial charge in [0.25, 0.3) is 0 Å². The average molecular weight is 255 g/mol. The molecule has 1 spiro atoms. The number of carbonyl (C=O) groups is 1. The Kier molecular flexibility index (Phi) is 2.33. The number of nitrogens with one attached hydrogen (secondary N) is 1. The van der Waals surface area contributed by atoms with Crippen LogP contribution in [0.25, 0.3) is 0 Å². The maximum atomic E-state index is 11.9. The number of carbonyl (C=O) groups excluding carboxylic acids is 1. The number of benzene rings is 1. The summed E-state index contributed by atoms with van der Waals surface area (Å²) in [5.41, 5.74) is 3.51. The predicted molar refractivity (Wildman–Crippen MR) is 74.8 cm³/mol. The third kappa shape index (κ3) is 1.73. The Bertz CT molecular complexity index is 538. The van der Waals surface area contributed by atoms with Crippen molar-refractivity contribution in [1.82, 2.24) is 5.32 Å². The Morgan fingerprint density at radius 1 is 1.42 bits per heavy atom. The van der Waals surface area contributed by atoms with Gasteiger partial charge >= 0.3 is 0 Å². The fourth-order valence-corrected chi connectivity index (χ4v) is 4.04. The molecule has 1 N–H and O–H groups in total. The first-order valence-electron chi connectivity index (χ1n) is 7.57. The predicted octanol–water partition coefficient (Wildman–Crippen LogP) is 2.66. The Labute approximate surface area is 114 Å². The number of rotatable bonds is 3. The lowest BCUT2D eigenvalue weighted by Gasteiger charge is -2.12. The van der Waals surface area contributed by atoms with E-state index < -0.39 is 0 Å². The summed E-state index contributed by atoms with van der Waals surface area (Å²) in [7, 11) is 0. The molecule has 19 heavy (non-hydrogen) atoms. The molecule has 1 amide bonds. The van der Waals surface area contributed by atoms with E-state index in [4.69, 9.17) is 0 Å². The molecule has 1 aromatic rings. The molecule has 0 saturated heterocycles. The Hall–Kier alpha value is -1.31. The van der Waals surface area contributed by atoms with E-state index in [2.05, 4.69) is 36.5 Å². The van der Waals surface area contributed by atoms with Gasteiger partial charge in [-0.15, -0.1) is 0 Å². The molecule has 0 aliphatic heterocycles. The zero-order chi connectivity index (χ0) is 13.0. The second kappa shape index (κ2) is 3.84. The number of hydrogen-bond acceptors (Lipinski definition) is 1. The highest BCUT2D eigenvalue weighted by atomic mass is 16.2. The highest BCUT2D eigenvalue weighted by Crippen LogP contribution is 2.61. The van der Waals surface area contributed by atoms with Crippen LogP contribution in [0, 0.1) is 17.8 Å². The Balaban J connectivity index is 1.40. The van der Waals surface area contributed by atoms with E-state index in [-0.39, 0.29) is 0 Å². The summed E-state index contributed by atoms with van der Waals surface area (Å²) in [5, 5.41) is 3.18. The quantitative estimate of drug-likeness (QED) is 0.884. The zero-order valence-corrected chi connectivity index (χ0v) is 11.5. The molecule has 2 heteroatoms. The Morgan fingerprint density at radius 3 is 3.00 bits per heavy atom. The summed E-state index contributed by atoms with van der Waals surface area (Å²) in [5.74, 6) is 1.89. The van der Waals surface area contributed by atoms with Gasteiger partial charge < -0.3 is 5.32 Å². The molecule has 0 unspecified atom stereocenters. The lowest BCUT2D eigenvalue weighted by atomic mass is 9.95. The van der Waals surface area contributed by atoms with Crippen molar-refractivity contribution in [2.75, 3.05) is 6.54 Å². The smallest absolute Gasteiger partial charge is 0.223 e. The van der Waals surface area contributed by atoms with Crippen LogP contribution in [0.15, 0.2) is 24.3 Å². The van der Waals surface area contributed by atoms with Crippen molar-refractivity contribution in [2.24, 2.45) is 17.8 Å². The molecule has 0 aromatic heterocycles. The molecular formula is C17H21NO. The molecule has 1 aromatic carbocycles. The van der Waals surface area contributed by atoms with Crippen LogP contribution in [0.1, 0.15) is 37.3 Å². The number of hydrogen-bond donors (Lipinski definition) is 1. The maximum Gasteiger partial charge on any atom is 0.223 e. The SMILES string of the molecule is C[C@@H]1C[C@@H]1C(=O)NC[C@H]1C[C@@]12CCc1ccccc12. The van der Waals surface area contributed by atoms with Crippen LogP contribution in [-0.2, 0) is 16.6 Å². The first kappa shape index (κ1) is 11.5. The Morgan fingerprint density at radius 2 is 2.21 bits per heavy atom. The van der Waals surface area contributed by atoms with Crippen LogP contribution in [0.5, 0.6) is 0 Å². The van der Waals surface area contributed by atoms with E-state index in [1.165, 1.54) is 24.8 Å². The van der Waals surface area contributed by atoms with Gasteiger partial charge in [0.15, 0.2) is 0 Å². The third-order valence-corrected chi connectivity index (χ3v) is 5.60. The zero-order valence-electron chi connectivity index (χ0n) is 11.5. The van der Waals surface area contributed by atoms with Crippen LogP contribution >= 0.6 is 0 Å². The topological polar surface area (TPSA) is 29.1 Å². The number of aryl methyl sites for hydroxylation is 1. The van der Waals surface area contributed by atoms with Crippen molar-refractivity contribution in [3.05, 3.63) is 35.4 Å². The van der Waals surface area contributed by atoms with Crippen LogP contribution in [-0.4, -0.2) is 12.5 Å². The van der Waals surface area contributed by atoms with E-state index >= 15 is 0 Å². The van der Waals surface area contributed by atoms with Gasteiger partial charge in [-0.05, 0) is 48.6 Å². The van der Waals surface area contributed by atoms with Gasteiger partial charge in [-0.3, -0.25) is 4.79 Å². The van der Waals surface area contributed by atoms with Crippen molar-refractivity contribution >= 4 is 5.91 Å². The van der Waals surface area contributed by atoms with Crippen LogP contribution in [0.3, 0.4) is 0 Å². The van der Waals surface area contributed by atoms with Gasteiger partial charge in [-0.1, -0.05) is 31.2 Å². The minimum Gasteiger partial charge on any atom is -0.356 e. The van der Waals surface area contributed by atoms with E-state index in [0.29, 0.717) is 29.1 Å². The van der Waals surface area contributed by atoms with Gasteiger partial charge in [-0.25, -0.2) is 0 Å². The summed E-state index contributed by atoms with van der Waals surface area (Å²) >= 11 is 0. The first-order valence-corrected chi connectivity index (χ1v) is 7.57. The van der Waals surface area contributed by atoms with Crippen molar-refractivity contribution in [3.63, 3.8) is 0 Å². The monoisotopic (exact) mass is 255 g/mol. The molecule has 3 aliphatic carbocycles. The molecule has 0 radical (unpaired) electrons. The van der Waals surface area contributed by atoms with Crippen molar-refractivity contribution in [1.29, 1.82) is 0 Å². The summed E-state index contributed by atoms with van der Waals surface area (Å²) < 4.78 is 0. The van der Waals surface area contributed by atoms with E-state index in [9.17, 15) is 4.79 Å². The molecule has 3 aliphatic rings. The minimum absolute atomic E-state index is 0.292. The largest absolute Gasteiger partial charge is 0.356 e. The highest BCUT2D eigenvalue weighted by molar-refractivity contribution is 5.81. The molecule has 100 valence electrons. The van der Waals surface area contributed by atoms with Gasteiger partial charge in [0, 0.05) is 17.9 Å². The molecule has 2 fully saturated rings. The molecule has 0 heterocycles. The number of amides is 1. The summed E-state index contributed by atoms with van der Waals surface area (Å²) in [6, 6.07) is 8.87. The van der Waals surface area contributed by atoms with Crippen LogP contribution in [0.2, 0.25) is 0 Å². The summed E-state index contributed by atoms with van der Waals surface area (Å²) in [4.78, 5) is 11.9. The molecule has 2 nitrogen and oxygen atoms in total. The van der Waals surface area contributed by atoms with Crippen molar-refractivity contribution in [3.8, 4) is 0 Å². The van der Waals surface area contributed by atoms with Crippen LogP contribution < -0.4 is 5.32 Å². The second-order valence-electron chi connectivity index (χ2n) is 6.78. The lowest BCUT2D eigenvalue weighted by molar-refractivity contribution is -0.122.